The second-order valence-corrected chi connectivity index (χ2v) is 7.94. The fraction of sp³-hybridized carbons (Fsp3) is 0.556. The molecule has 2 aromatic heterocycles. The number of halogens is 3. The maximum Gasteiger partial charge on any atom is 0.405 e. The van der Waals surface area contributed by atoms with Crippen molar-refractivity contribution in [3.05, 3.63) is 16.3 Å². The Bertz CT molecular complexity index is 945. The summed E-state index contributed by atoms with van der Waals surface area (Å²) >= 11 is 1.21. The van der Waals surface area contributed by atoms with Gasteiger partial charge in [-0.2, -0.15) is 13.2 Å². The van der Waals surface area contributed by atoms with Crippen molar-refractivity contribution in [2.45, 2.75) is 32.9 Å². The van der Waals surface area contributed by atoms with E-state index in [0.717, 1.165) is 0 Å². The number of nitrogens with zero attached hydrogens (tertiary/aromatic N) is 3. The zero-order valence-corrected chi connectivity index (χ0v) is 17.0. The van der Waals surface area contributed by atoms with Crippen LogP contribution in [-0.4, -0.2) is 54.8 Å². The van der Waals surface area contributed by atoms with Crippen molar-refractivity contribution in [3.8, 4) is 0 Å². The molecule has 1 saturated heterocycles. The number of amides is 1. The molecule has 3 heterocycles. The highest BCUT2D eigenvalue weighted by atomic mass is 32.1. The third kappa shape index (κ3) is 4.60. The molecule has 3 rings (SSSR count). The minimum atomic E-state index is -4.45. The SMILES string of the molecule is COC(=O)c1sc2nc(C)nc(N3CCCC(C(=O)NCC(F)(F)F)C3)c2c1C. The molecule has 1 aliphatic heterocycles. The number of ether oxygens (including phenoxy) is 1. The van der Waals surface area contributed by atoms with Crippen molar-refractivity contribution in [2.75, 3.05) is 31.6 Å². The summed E-state index contributed by atoms with van der Waals surface area (Å²) in [7, 11) is 1.30. The Hall–Kier alpha value is -2.43. The average Bonchev–Trinajstić information content (AvgIpc) is 3.00. The number of hydrogen-bond donors (Lipinski definition) is 1. The lowest BCUT2D eigenvalue weighted by atomic mass is 9.96. The maximum absolute atomic E-state index is 12.4. The molecule has 158 valence electrons. The zero-order valence-electron chi connectivity index (χ0n) is 16.2. The highest BCUT2D eigenvalue weighted by molar-refractivity contribution is 7.20. The van der Waals surface area contributed by atoms with Gasteiger partial charge in [0.15, 0.2) is 0 Å². The number of aromatic nitrogens is 2. The van der Waals surface area contributed by atoms with Crippen LogP contribution in [0, 0.1) is 19.8 Å². The summed E-state index contributed by atoms with van der Waals surface area (Å²) in [5, 5.41) is 2.67. The normalized spacial score (nSPS) is 17.4. The third-order valence-electron chi connectivity index (χ3n) is 4.81. The third-order valence-corrected chi connectivity index (χ3v) is 5.97. The predicted molar refractivity (Wildman–Crippen MR) is 102 cm³/mol. The molecule has 1 fully saturated rings. The van der Waals surface area contributed by atoms with Gasteiger partial charge >= 0.3 is 12.1 Å². The molecule has 0 aliphatic carbocycles. The van der Waals surface area contributed by atoms with E-state index >= 15 is 0 Å². The van der Waals surface area contributed by atoms with Crippen LogP contribution in [0.5, 0.6) is 0 Å². The monoisotopic (exact) mass is 430 g/mol. The Morgan fingerprint density at radius 2 is 2.03 bits per heavy atom. The van der Waals surface area contributed by atoms with Crippen LogP contribution in [0.15, 0.2) is 0 Å². The zero-order chi connectivity index (χ0) is 21.3. The molecule has 0 spiro atoms. The number of carbonyl (C=O) groups excluding carboxylic acids is 2. The van der Waals surface area contributed by atoms with Gasteiger partial charge in [0.25, 0.3) is 0 Å². The van der Waals surface area contributed by atoms with Gasteiger partial charge < -0.3 is 15.0 Å². The Morgan fingerprint density at radius 3 is 2.69 bits per heavy atom. The van der Waals surface area contributed by atoms with E-state index in [0.29, 0.717) is 51.7 Å². The highest BCUT2D eigenvalue weighted by Crippen LogP contribution is 2.37. The smallest absolute Gasteiger partial charge is 0.405 e. The number of alkyl halides is 3. The van der Waals surface area contributed by atoms with Crippen LogP contribution in [0.1, 0.15) is 33.9 Å². The summed E-state index contributed by atoms with van der Waals surface area (Å²) < 4.78 is 42.0. The van der Waals surface area contributed by atoms with Gasteiger partial charge in [0, 0.05) is 13.1 Å². The number of nitrogens with one attached hydrogen (secondary N) is 1. The van der Waals surface area contributed by atoms with Gasteiger partial charge in [-0.15, -0.1) is 11.3 Å². The lowest BCUT2D eigenvalue weighted by Crippen LogP contribution is -2.45. The van der Waals surface area contributed by atoms with Gasteiger partial charge in [-0.25, -0.2) is 14.8 Å². The number of thiophene rings is 1. The van der Waals surface area contributed by atoms with Crippen molar-refractivity contribution in [1.29, 1.82) is 0 Å². The molecule has 11 heteroatoms. The molecule has 0 aromatic carbocycles. The summed E-state index contributed by atoms with van der Waals surface area (Å²) in [5.41, 5.74) is 0.690. The largest absolute Gasteiger partial charge is 0.465 e. The van der Waals surface area contributed by atoms with Crippen LogP contribution in [0.25, 0.3) is 10.2 Å². The Labute approximate surface area is 169 Å². The first-order valence-electron chi connectivity index (χ1n) is 9.06. The number of esters is 1. The average molecular weight is 430 g/mol. The summed E-state index contributed by atoms with van der Waals surface area (Å²) in [5.74, 6) is -0.558. The highest BCUT2D eigenvalue weighted by Gasteiger charge is 2.33. The fourth-order valence-corrected chi connectivity index (χ4v) is 4.59. The van der Waals surface area contributed by atoms with Crippen LogP contribution in [0.2, 0.25) is 0 Å². The number of hydrogen-bond acceptors (Lipinski definition) is 7. The number of methoxy groups -OCH3 is 1. The Balaban J connectivity index is 1.90. The van der Waals surface area contributed by atoms with E-state index in [1.165, 1.54) is 18.4 Å². The van der Waals surface area contributed by atoms with Crippen LogP contribution in [-0.2, 0) is 9.53 Å². The second-order valence-electron chi connectivity index (χ2n) is 6.94. The number of carbonyl (C=O) groups is 2. The minimum Gasteiger partial charge on any atom is -0.465 e. The van der Waals surface area contributed by atoms with Crippen LogP contribution in [0.3, 0.4) is 0 Å². The van der Waals surface area contributed by atoms with Crippen LogP contribution < -0.4 is 10.2 Å². The molecule has 2 aromatic rings. The van der Waals surface area contributed by atoms with Gasteiger partial charge in [0.2, 0.25) is 5.91 Å². The maximum atomic E-state index is 12.4. The first kappa shape index (κ1) is 21.3. The minimum absolute atomic E-state index is 0.248. The van der Waals surface area contributed by atoms with Crippen molar-refractivity contribution < 1.29 is 27.5 Å². The van der Waals surface area contributed by atoms with E-state index in [1.807, 2.05) is 10.2 Å². The first-order valence-corrected chi connectivity index (χ1v) is 9.88. The first-order chi connectivity index (χ1) is 13.6. The Morgan fingerprint density at radius 1 is 1.31 bits per heavy atom. The lowest BCUT2D eigenvalue weighted by Gasteiger charge is -2.33. The van der Waals surface area contributed by atoms with Crippen molar-refractivity contribution in [3.63, 3.8) is 0 Å². The molecule has 1 unspecified atom stereocenters. The van der Waals surface area contributed by atoms with Gasteiger partial charge in [-0.3, -0.25) is 4.79 Å². The number of aryl methyl sites for hydroxylation is 2. The number of piperidine rings is 1. The summed E-state index contributed by atoms with van der Waals surface area (Å²) in [6.07, 6.45) is -3.30. The molecule has 0 bridgehead atoms. The molecular formula is C18H21F3N4O3S. The number of rotatable bonds is 4. The van der Waals surface area contributed by atoms with Crippen molar-refractivity contribution in [1.82, 2.24) is 15.3 Å². The molecule has 0 saturated carbocycles. The topological polar surface area (TPSA) is 84.4 Å². The van der Waals surface area contributed by atoms with Gasteiger partial charge in [0.1, 0.15) is 27.9 Å². The predicted octanol–water partition coefficient (Wildman–Crippen LogP) is 2.99. The fourth-order valence-electron chi connectivity index (χ4n) is 3.45. The second kappa shape index (κ2) is 8.13. The van der Waals surface area contributed by atoms with E-state index in [1.54, 1.807) is 13.8 Å². The van der Waals surface area contributed by atoms with Crippen LogP contribution in [0.4, 0.5) is 19.0 Å². The van der Waals surface area contributed by atoms with E-state index in [2.05, 4.69) is 9.97 Å². The van der Waals surface area contributed by atoms with Gasteiger partial charge in [-0.1, -0.05) is 0 Å². The molecule has 0 radical (unpaired) electrons. The molecule has 1 atom stereocenters. The Kier molecular flexibility index (Phi) is 5.97. The van der Waals surface area contributed by atoms with E-state index in [4.69, 9.17) is 4.74 Å². The van der Waals surface area contributed by atoms with E-state index in [-0.39, 0.29) is 6.54 Å². The van der Waals surface area contributed by atoms with Crippen molar-refractivity contribution >= 4 is 39.2 Å². The number of fused-ring (bicyclic) bond motifs is 1. The standard InChI is InChI=1S/C18H21F3N4O3S/c1-9-12-14(23-10(2)24-16(12)29-13(9)17(27)28-3)25-6-4-5-11(7-25)15(26)22-8-18(19,20)21/h11H,4-8H2,1-3H3,(H,22,26). The summed E-state index contributed by atoms with van der Waals surface area (Å²) in [4.78, 5) is 36.2. The quantitative estimate of drug-likeness (QED) is 0.751. The molecule has 29 heavy (non-hydrogen) atoms. The molecule has 1 aliphatic rings. The van der Waals surface area contributed by atoms with Gasteiger partial charge in [0.05, 0.1) is 18.4 Å². The molecule has 1 amide bonds. The summed E-state index contributed by atoms with van der Waals surface area (Å²) in [6, 6.07) is 0. The lowest BCUT2D eigenvalue weighted by molar-refractivity contribution is -0.140. The molecular weight excluding hydrogens is 409 g/mol. The van der Waals surface area contributed by atoms with E-state index in [9.17, 15) is 22.8 Å². The van der Waals surface area contributed by atoms with Crippen LogP contribution >= 0.6 is 11.3 Å². The molecule has 7 nitrogen and oxygen atoms in total. The number of anilines is 1. The molecule has 1 N–H and O–H groups in total. The van der Waals surface area contributed by atoms with E-state index < -0.39 is 30.5 Å². The van der Waals surface area contributed by atoms with Crippen molar-refractivity contribution in [2.24, 2.45) is 5.92 Å². The summed E-state index contributed by atoms with van der Waals surface area (Å²) in [6.45, 7) is 3.03. The van der Waals surface area contributed by atoms with Gasteiger partial charge in [-0.05, 0) is 32.3 Å².